The van der Waals surface area contributed by atoms with Crippen LogP contribution in [0.5, 0.6) is 5.88 Å². The number of methoxy groups -OCH3 is 1. The number of nitrogens with zero attached hydrogens (tertiary/aromatic N) is 3. The molecular formula is C18H16F3N5O3. The van der Waals surface area contributed by atoms with Gasteiger partial charge in [0.25, 0.3) is 5.91 Å². The zero-order valence-electron chi connectivity index (χ0n) is 15.4. The molecule has 11 heteroatoms. The molecular weight excluding hydrogens is 391 g/mol. The SMILES string of the molecule is COc1cnc(C(=O)Nc2ccc(F)c([C@@]3(C)N=C(N)COC3=C(F)F)c2)cn1. The average Bonchev–Trinajstić information content (AvgIpc) is 2.69. The normalized spacial score (nSPS) is 18.5. The van der Waals surface area contributed by atoms with Gasteiger partial charge in [0.15, 0.2) is 11.3 Å². The van der Waals surface area contributed by atoms with Crippen molar-refractivity contribution in [2.45, 2.75) is 12.5 Å². The van der Waals surface area contributed by atoms with Crippen molar-refractivity contribution in [3.63, 3.8) is 0 Å². The minimum atomic E-state index is -2.15. The number of carbonyl (C=O) groups excluding carboxylic acids is 1. The van der Waals surface area contributed by atoms with E-state index in [1.165, 1.54) is 38.6 Å². The largest absolute Gasteiger partial charge is 0.482 e. The summed E-state index contributed by atoms with van der Waals surface area (Å²) in [5.41, 5.74) is 3.57. The number of halogens is 3. The number of aromatic nitrogens is 2. The van der Waals surface area contributed by atoms with E-state index in [0.29, 0.717) is 0 Å². The Morgan fingerprint density at radius 2 is 2.07 bits per heavy atom. The maximum Gasteiger partial charge on any atom is 0.310 e. The van der Waals surface area contributed by atoms with Crippen molar-refractivity contribution in [3.05, 3.63) is 59.5 Å². The number of nitrogens with two attached hydrogens (primary N) is 1. The summed E-state index contributed by atoms with van der Waals surface area (Å²) in [7, 11) is 1.40. The molecule has 2 aromatic rings. The highest BCUT2D eigenvalue weighted by Gasteiger charge is 2.41. The van der Waals surface area contributed by atoms with Gasteiger partial charge >= 0.3 is 6.08 Å². The van der Waals surface area contributed by atoms with Crippen molar-refractivity contribution in [3.8, 4) is 5.88 Å². The van der Waals surface area contributed by atoms with E-state index in [-0.39, 0.29) is 35.3 Å². The van der Waals surface area contributed by atoms with Crippen molar-refractivity contribution >= 4 is 17.4 Å². The van der Waals surface area contributed by atoms with Gasteiger partial charge in [-0.1, -0.05) is 0 Å². The number of benzene rings is 1. The zero-order chi connectivity index (χ0) is 21.2. The van der Waals surface area contributed by atoms with Crippen LogP contribution < -0.4 is 15.8 Å². The number of hydrogen-bond donors (Lipinski definition) is 2. The standard InChI is InChI=1S/C18H16F3N5O3/c1-18(15(16(20)21)29-8-13(22)26-18)10-5-9(3-4-11(10)19)25-17(27)12-6-24-14(28-2)7-23-12/h3-7H,8H2,1-2H3,(H2,22,26)(H,25,27)/t18-/m1/s1. The lowest BCUT2D eigenvalue weighted by molar-refractivity contribution is 0.102. The molecule has 3 rings (SSSR count). The quantitative estimate of drug-likeness (QED) is 0.806. The highest BCUT2D eigenvalue weighted by molar-refractivity contribution is 6.02. The molecule has 0 bridgehead atoms. The van der Waals surface area contributed by atoms with E-state index in [9.17, 15) is 18.0 Å². The van der Waals surface area contributed by atoms with Crippen LogP contribution in [0.3, 0.4) is 0 Å². The fourth-order valence-electron chi connectivity index (χ4n) is 2.79. The summed E-state index contributed by atoms with van der Waals surface area (Å²) in [5, 5.41) is 2.50. The Hall–Kier alpha value is -3.63. The van der Waals surface area contributed by atoms with Crippen LogP contribution in [0.1, 0.15) is 23.0 Å². The number of hydrogen-bond acceptors (Lipinski definition) is 7. The first kappa shape index (κ1) is 20.1. The lowest BCUT2D eigenvalue weighted by Crippen LogP contribution is -2.37. The highest BCUT2D eigenvalue weighted by Crippen LogP contribution is 2.41. The molecule has 0 unspecified atom stereocenters. The number of aliphatic imine (C=N–C) groups is 1. The smallest absolute Gasteiger partial charge is 0.310 e. The fraction of sp³-hybridized carbons (Fsp3) is 0.222. The summed E-state index contributed by atoms with van der Waals surface area (Å²) in [6.45, 7) is 0.906. The van der Waals surface area contributed by atoms with Gasteiger partial charge in [0.2, 0.25) is 5.88 Å². The number of amidine groups is 1. The van der Waals surface area contributed by atoms with Crippen LogP contribution in [0.2, 0.25) is 0 Å². The molecule has 0 spiro atoms. The summed E-state index contributed by atoms with van der Waals surface area (Å²) < 4.78 is 51.1. The van der Waals surface area contributed by atoms with Crippen molar-refractivity contribution in [1.82, 2.24) is 9.97 Å². The molecule has 29 heavy (non-hydrogen) atoms. The molecule has 0 aliphatic carbocycles. The summed E-state index contributed by atoms with van der Waals surface area (Å²) in [4.78, 5) is 24.1. The predicted octanol–water partition coefficient (Wildman–Crippen LogP) is 2.59. The third kappa shape index (κ3) is 3.98. The van der Waals surface area contributed by atoms with Crippen LogP contribution in [0.4, 0.5) is 18.9 Å². The van der Waals surface area contributed by atoms with Crippen LogP contribution in [0.15, 0.2) is 47.4 Å². The summed E-state index contributed by atoms with van der Waals surface area (Å²) in [6.07, 6.45) is 0.300. The van der Waals surface area contributed by atoms with E-state index in [4.69, 9.17) is 15.2 Å². The monoisotopic (exact) mass is 407 g/mol. The Morgan fingerprint density at radius 1 is 1.31 bits per heavy atom. The van der Waals surface area contributed by atoms with Crippen LogP contribution in [-0.2, 0) is 10.3 Å². The lowest BCUT2D eigenvalue weighted by atomic mass is 9.89. The molecule has 8 nitrogen and oxygen atoms in total. The van der Waals surface area contributed by atoms with E-state index in [2.05, 4.69) is 20.3 Å². The Balaban J connectivity index is 1.96. The maximum absolute atomic E-state index is 14.5. The van der Waals surface area contributed by atoms with Crippen molar-refractivity contribution in [2.24, 2.45) is 10.7 Å². The third-order valence-corrected chi connectivity index (χ3v) is 4.16. The Bertz CT molecular complexity index is 1010. The van der Waals surface area contributed by atoms with Crippen LogP contribution in [0.25, 0.3) is 0 Å². The van der Waals surface area contributed by atoms with Gasteiger partial charge in [-0.2, -0.15) is 8.78 Å². The van der Waals surface area contributed by atoms with E-state index in [1.807, 2.05) is 0 Å². The molecule has 0 fully saturated rings. The van der Waals surface area contributed by atoms with Gasteiger partial charge in [-0.25, -0.2) is 19.4 Å². The number of rotatable bonds is 4. The molecule has 1 aromatic carbocycles. The Morgan fingerprint density at radius 3 is 2.69 bits per heavy atom. The number of nitrogens with one attached hydrogen (secondary N) is 1. The predicted molar refractivity (Wildman–Crippen MR) is 97.1 cm³/mol. The van der Waals surface area contributed by atoms with E-state index >= 15 is 0 Å². The molecule has 152 valence electrons. The van der Waals surface area contributed by atoms with Crippen LogP contribution >= 0.6 is 0 Å². The first-order chi connectivity index (χ1) is 13.7. The summed E-state index contributed by atoms with van der Waals surface area (Å²) in [5.74, 6) is -2.12. The zero-order valence-corrected chi connectivity index (χ0v) is 15.4. The Kier molecular flexibility index (Phi) is 5.39. The molecule has 0 saturated heterocycles. The first-order valence-corrected chi connectivity index (χ1v) is 8.24. The molecule has 2 heterocycles. The second-order valence-corrected chi connectivity index (χ2v) is 6.15. The van der Waals surface area contributed by atoms with Crippen molar-refractivity contribution in [1.29, 1.82) is 0 Å². The van der Waals surface area contributed by atoms with Crippen LogP contribution in [0, 0.1) is 5.82 Å². The van der Waals surface area contributed by atoms with Crippen LogP contribution in [-0.4, -0.2) is 35.4 Å². The Labute approximate surface area is 163 Å². The van der Waals surface area contributed by atoms with Crippen molar-refractivity contribution < 1.29 is 27.4 Å². The van der Waals surface area contributed by atoms with E-state index < -0.39 is 29.1 Å². The minimum absolute atomic E-state index is 0.0264. The molecule has 1 aliphatic rings. The molecule has 0 saturated carbocycles. The van der Waals surface area contributed by atoms with Crippen molar-refractivity contribution in [2.75, 3.05) is 19.0 Å². The van der Waals surface area contributed by atoms with Gasteiger partial charge in [-0.3, -0.25) is 4.79 Å². The van der Waals surface area contributed by atoms with E-state index in [0.717, 1.165) is 6.07 Å². The van der Waals surface area contributed by atoms with E-state index in [1.54, 1.807) is 0 Å². The lowest BCUT2D eigenvalue weighted by Gasteiger charge is -2.32. The minimum Gasteiger partial charge on any atom is -0.482 e. The highest BCUT2D eigenvalue weighted by atomic mass is 19.3. The molecule has 1 aliphatic heterocycles. The second-order valence-electron chi connectivity index (χ2n) is 6.15. The number of ether oxygens (including phenoxy) is 2. The topological polar surface area (TPSA) is 112 Å². The number of amides is 1. The number of carbonyl (C=O) groups is 1. The van der Waals surface area contributed by atoms with Gasteiger partial charge in [0.1, 0.15) is 24.0 Å². The molecule has 0 radical (unpaired) electrons. The molecule has 3 N–H and O–H groups in total. The molecule has 1 aromatic heterocycles. The van der Waals surface area contributed by atoms with Gasteiger partial charge < -0.3 is 20.5 Å². The van der Waals surface area contributed by atoms with Gasteiger partial charge in [-0.15, -0.1) is 0 Å². The first-order valence-electron chi connectivity index (χ1n) is 8.24. The second kappa shape index (κ2) is 7.78. The number of anilines is 1. The fourth-order valence-corrected chi connectivity index (χ4v) is 2.79. The van der Waals surface area contributed by atoms with Gasteiger partial charge in [0.05, 0.1) is 19.5 Å². The van der Waals surface area contributed by atoms with Gasteiger partial charge in [0, 0.05) is 11.3 Å². The molecule has 1 amide bonds. The summed E-state index contributed by atoms with van der Waals surface area (Å²) >= 11 is 0. The summed E-state index contributed by atoms with van der Waals surface area (Å²) in [6, 6.07) is 3.46. The molecule has 1 atom stereocenters. The van der Waals surface area contributed by atoms with Gasteiger partial charge in [-0.05, 0) is 25.1 Å². The third-order valence-electron chi connectivity index (χ3n) is 4.16. The maximum atomic E-state index is 14.5. The average molecular weight is 407 g/mol.